The molecule has 0 radical (unpaired) electrons. The van der Waals surface area contributed by atoms with Crippen molar-refractivity contribution in [2.45, 2.75) is 49.3 Å². The molecular weight excluding hydrogens is 597 g/mol. The Morgan fingerprint density at radius 1 is 1.09 bits per heavy atom. The van der Waals surface area contributed by atoms with Crippen LogP contribution in [0.1, 0.15) is 41.0 Å². The van der Waals surface area contributed by atoms with Gasteiger partial charge in [0.05, 0.1) is 19.8 Å². The van der Waals surface area contributed by atoms with E-state index < -0.39 is 41.3 Å². The van der Waals surface area contributed by atoms with Crippen LogP contribution in [0.5, 0.6) is 0 Å². The molecule has 2 heterocycles. The molecule has 2 aliphatic rings. The van der Waals surface area contributed by atoms with Crippen LogP contribution in [0.4, 0.5) is 18.0 Å². The van der Waals surface area contributed by atoms with Crippen molar-refractivity contribution >= 4 is 23.5 Å². The molecule has 11 heteroatoms. The van der Waals surface area contributed by atoms with Gasteiger partial charge in [-0.2, -0.15) is 0 Å². The Balaban J connectivity index is 1.43. The fourth-order valence-corrected chi connectivity index (χ4v) is 6.20. The Bertz CT molecular complexity index is 1460. The molecule has 2 saturated heterocycles. The third-order valence-corrected chi connectivity index (χ3v) is 8.46. The average Bonchev–Trinajstić information content (AvgIpc) is 3.43. The van der Waals surface area contributed by atoms with Crippen molar-refractivity contribution in [2.24, 2.45) is 0 Å². The summed E-state index contributed by atoms with van der Waals surface area (Å²) in [6.45, 7) is 2.45. The minimum Gasteiger partial charge on any atom is -0.453 e. The zero-order valence-electron chi connectivity index (χ0n) is 24.2. The first kappa shape index (κ1) is 32.0. The van der Waals surface area contributed by atoms with Crippen molar-refractivity contribution in [3.8, 4) is 0 Å². The maximum absolute atomic E-state index is 15.3. The highest BCUT2D eigenvalue weighted by atomic mass is 35.5. The van der Waals surface area contributed by atoms with Crippen molar-refractivity contribution in [1.82, 2.24) is 10.6 Å². The topological polar surface area (TPSA) is 85.9 Å². The molecule has 7 nitrogen and oxygen atoms in total. The number of alkyl carbamates (subject to hydrolysis) is 1. The van der Waals surface area contributed by atoms with E-state index in [2.05, 4.69) is 10.6 Å². The summed E-state index contributed by atoms with van der Waals surface area (Å²) in [7, 11) is 1.14. The lowest BCUT2D eigenvalue weighted by molar-refractivity contribution is -0.120. The summed E-state index contributed by atoms with van der Waals surface area (Å²) in [5.74, 6) is -3.68. The molecule has 0 bridgehead atoms. The summed E-state index contributed by atoms with van der Waals surface area (Å²) in [5, 5.41) is 6.36. The molecule has 1 unspecified atom stereocenters. The number of carbonyl (C=O) groups is 2. The van der Waals surface area contributed by atoms with Gasteiger partial charge in [-0.05, 0) is 65.4 Å². The van der Waals surface area contributed by atoms with Crippen LogP contribution in [0.3, 0.4) is 0 Å². The van der Waals surface area contributed by atoms with Gasteiger partial charge in [-0.15, -0.1) is 0 Å². The molecular formula is C33H34ClF3N2O5. The summed E-state index contributed by atoms with van der Waals surface area (Å²) >= 11 is 6.09. The van der Waals surface area contributed by atoms with Gasteiger partial charge in [0.2, 0.25) is 0 Å². The second-order valence-corrected chi connectivity index (χ2v) is 11.7. The Kier molecular flexibility index (Phi) is 10.3. The summed E-state index contributed by atoms with van der Waals surface area (Å²) in [6.07, 6.45) is 0.268. The molecule has 2 N–H and O–H groups in total. The van der Waals surface area contributed by atoms with Crippen LogP contribution in [0.2, 0.25) is 5.02 Å². The van der Waals surface area contributed by atoms with Crippen molar-refractivity contribution in [3.63, 3.8) is 0 Å². The normalized spacial score (nSPS) is 21.2. The first-order valence-corrected chi connectivity index (χ1v) is 14.9. The number of Topliss-reactive ketones (excluding diaryl/α,β-unsaturated/α-hetero) is 1. The number of hydrogen-bond acceptors (Lipinski definition) is 6. The molecule has 5 rings (SSSR count). The van der Waals surface area contributed by atoms with Crippen LogP contribution in [-0.2, 0) is 31.8 Å². The Hall–Kier alpha value is -3.44. The van der Waals surface area contributed by atoms with Gasteiger partial charge in [0.1, 0.15) is 29.1 Å². The lowest BCUT2D eigenvalue weighted by Gasteiger charge is -2.38. The van der Waals surface area contributed by atoms with Gasteiger partial charge < -0.3 is 24.8 Å². The van der Waals surface area contributed by atoms with Gasteiger partial charge in [-0.1, -0.05) is 35.9 Å². The number of methoxy groups -OCH3 is 1. The second kappa shape index (κ2) is 14.1. The number of ketones is 1. The van der Waals surface area contributed by atoms with E-state index in [9.17, 15) is 18.4 Å². The first-order valence-electron chi connectivity index (χ1n) is 14.5. The van der Waals surface area contributed by atoms with Crippen molar-refractivity contribution in [2.75, 3.05) is 33.4 Å². The van der Waals surface area contributed by atoms with E-state index in [1.165, 1.54) is 12.1 Å². The zero-order valence-corrected chi connectivity index (χ0v) is 25.0. The van der Waals surface area contributed by atoms with Gasteiger partial charge in [0, 0.05) is 49.5 Å². The van der Waals surface area contributed by atoms with Gasteiger partial charge in [0.15, 0.2) is 5.78 Å². The molecule has 1 spiro atoms. The Morgan fingerprint density at radius 3 is 2.52 bits per heavy atom. The average molecular weight is 631 g/mol. The predicted octanol–water partition coefficient (Wildman–Crippen LogP) is 5.51. The van der Waals surface area contributed by atoms with Gasteiger partial charge >= 0.3 is 6.09 Å². The molecule has 0 aliphatic carbocycles. The minimum absolute atomic E-state index is 0.116. The number of morpholine rings is 1. The smallest absolute Gasteiger partial charge is 0.407 e. The van der Waals surface area contributed by atoms with Crippen LogP contribution < -0.4 is 10.6 Å². The van der Waals surface area contributed by atoms with Gasteiger partial charge in [0.25, 0.3) is 0 Å². The number of hydrogen-bond donors (Lipinski definition) is 2. The molecule has 0 saturated carbocycles. The quantitative estimate of drug-likeness (QED) is 0.308. The molecule has 234 valence electrons. The lowest BCUT2D eigenvalue weighted by atomic mass is 9.81. The number of rotatable bonds is 10. The first-order chi connectivity index (χ1) is 21.2. The van der Waals surface area contributed by atoms with E-state index in [1.807, 2.05) is 0 Å². The SMILES string of the molecule is COC(=O)N[C@H](C(=O)Cc1cccc(F)c1CC[C@@H]1CNCC2(CCOC2)O1)[C@@H](c1ccc(Cl)cc1)c1cc(F)cc(F)c1. The van der Waals surface area contributed by atoms with Crippen LogP contribution in [0.15, 0.2) is 60.7 Å². The highest BCUT2D eigenvalue weighted by Crippen LogP contribution is 2.33. The van der Waals surface area contributed by atoms with Crippen LogP contribution in [0, 0.1) is 17.5 Å². The number of amides is 1. The molecule has 2 fully saturated rings. The Morgan fingerprint density at radius 2 is 1.84 bits per heavy atom. The maximum Gasteiger partial charge on any atom is 0.407 e. The van der Waals surface area contributed by atoms with Crippen LogP contribution in [0.25, 0.3) is 0 Å². The monoisotopic (exact) mass is 630 g/mol. The Labute approximate surface area is 259 Å². The highest BCUT2D eigenvalue weighted by molar-refractivity contribution is 6.30. The van der Waals surface area contributed by atoms with E-state index in [4.69, 9.17) is 25.8 Å². The van der Waals surface area contributed by atoms with Gasteiger partial charge in [-0.25, -0.2) is 18.0 Å². The van der Waals surface area contributed by atoms with Crippen LogP contribution >= 0.6 is 11.6 Å². The molecule has 2 aliphatic heterocycles. The standard InChI is InChI=1S/C33H34ClF3N2O5/c1-42-32(41)39-31(30(20-5-7-23(34)8-6-20)22-13-24(35)16-25(36)14-22)29(40)15-21-3-2-4-28(37)27(21)10-9-26-17-38-18-33(44-26)11-12-43-19-33/h2-8,13-14,16,26,30-31,38H,9-12,15,17-19H2,1H3,(H,39,41)/t26-,30+,31-,33?/m1/s1. The van der Waals surface area contributed by atoms with Crippen molar-refractivity contribution in [3.05, 3.63) is 105 Å². The minimum atomic E-state index is -1.32. The fraction of sp³-hybridized carbons (Fsp3) is 0.394. The number of halogens is 4. The predicted molar refractivity (Wildman–Crippen MR) is 158 cm³/mol. The van der Waals surface area contributed by atoms with E-state index in [0.29, 0.717) is 60.9 Å². The zero-order chi connectivity index (χ0) is 31.3. The number of nitrogens with one attached hydrogen (secondary N) is 2. The molecule has 3 aromatic carbocycles. The van der Waals surface area contributed by atoms with Gasteiger partial charge in [-0.3, -0.25) is 4.79 Å². The van der Waals surface area contributed by atoms with Crippen molar-refractivity contribution < 1.29 is 37.0 Å². The molecule has 1 amide bonds. The summed E-state index contributed by atoms with van der Waals surface area (Å²) in [6, 6.07) is 12.5. The van der Waals surface area contributed by atoms with E-state index >= 15 is 4.39 Å². The van der Waals surface area contributed by atoms with Crippen molar-refractivity contribution in [1.29, 1.82) is 0 Å². The van der Waals surface area contributed by atoms with E-state index in [0.717, 1.165) is 31.7 Å². The maximum atomic E-state index is 15.3. The lowest BCUT2D eigenvalue weighted by Crippen LogP contribution is -2.54. The number of carbonyl (C=O) groups excluding carboxylic acids is 2. The summed E-state index contributed by atoms with van der Waals surface area (Å²) in [4.78, 5) is 26.6. The van der Waals surface area contributed by atoms with E-state index in [-0.39, 0.29) is 23.7 Å². The summed E-state index contributed by atoms with van der Waals surface area (Å²) < 4.78 is 60.8. The summed E-state index contributed by atoms with van der Waals surface area (Å²) in [5.41, 5.74) is 1.01. The van der Waals surface area contributed by atoms with Crippen LogP contribution in [-0.4, -0.2) is 63.0 Å². The number of ether oxygens (including phenoxy) is 3. The number of benzene rings is 3. The third kappa shape index (κ3) is 7.61. The third-order valence-electron chi connectivity index (χ3n) is 8.21. The largest absolute Gasteiger partial charge is 0.453 e. The molecule has 4 atom stereocenters. The molecule has 44 heavy (non-hydrogen) atoms. The highest BCUT2D eigenvalue weighted by Gasteiger charge is 2.41. The second-order valence-electron chi connectivity index (χ2n) is 11.3. The molecule has 0 aromatic heterocycles. The molecule has 3 aromatic rings. The fourth-order valence-electron chi connectivity index (χ4n) is 6.07. The van der Waals surface area contributed by atoms with E-state index in [1.54, 1.807) is 30.3 Å².